The van der Waals surface area contributed by atoms with Gasteiger partial charge in [-0.3, -0.25) is 4.98 Å². The molecule has 0 saturated heterocycles. The maximum atomic E-state index is 13.3. The molecule has 0 N–H and O–H groups in total. The fraction of sp³-hybridized carbons (Fsp3) is 0.200. The van der Waals surface area contributed by atoms with Gasteiger partial charge in [-0.05, 0) is 45.8 Å². The summed E-state index contributed by atoms with van der Waals surface area (Å²) in [6.07, 6.45) is 4.09. The van der Waals surface area contributed by atoms with Gasteiger partial charge in [0.1, 0.15) is 22.6 Å². The summed E-state index contributed by atoms with van der Waals surface area (Å²) in [6.45, 7) is 1.28. The smallest absolute Gasteiger partial charge is 0.164 e. The molecule has 0 atom stereocenters. The lowest BCUT2D eigenvalue weighted by Gasteiger charge is -2.24. The SMILES string of the molecule is Cn1nc(Br)c2c(N(CCc3ccccn3)Cc3ccc(F)cc3)ncnc21. The quantitative estimate of drug-likeness (QED) is 0.454. The van der Waals surface area contributed by atoms with E-state index >= 15 is 0 Å². The molecule has 0 radical (unpaired) electrons. The normalized spacial score (nSPS) is 11.1. The Bertz CT molecular complexity index is 1080. The number of pyridine rings is 1. The number of hydrogen-bond donors (Lipinski definition) is 0. The van der Waals surface area contributed by atoms with Gasteiger partial charge >= 0.3 is 0 Å². The topological polar surface area (TPSA) is 59.7 Å². The molecule has 6 nitrogen and oxygen atoms in total. The molecule has 0 bridgehead atoms. The number of aryl methyl sites for hydroxylation is 1. The van der Waals surface area contributed by atoms with E-state index in [1.807, 2.05) is 25.2 Å². The van der Waals surface area contributed by atoms with Crippen LogP contribution in [-0.4, -0.2) is 31.3 Å². The largest absolute Gasteiger partial charge is 0.351 e. The van der Waals surface area contributed by atoms with Crippen LogP contribution in [0.2, 0.25) is 0 Å². The van der Waals surface area contributed by atoms with Crippen LogP contribution in [0.4, 0.5) is 10.2 Å². The zero-order valence-electron chi connectivity index (χ0n) is 15.3. The van der Waals surface area contributed by atoms with Crippen molar-refractivity contribution in [3.8, 4) is 0 Å². The van der Waals surface area contributed by atoms with Gasteiger partial charge in [-0.2, -0.15) is 5.10 Å². The van der Waals surface area contributed by atoms with Gasteiger partial charge in [0.25, 0.3) is 0 Å². The third-order valence-electron chi connectivity index (χ3n) is 4.51. The Balaban J connectivity index is 1.71. The second-order valence-corrected chi connectivity index (χ2v) is 7.18. The van der Waals surface area contributed by atoms with Crippen LogP contribution < -0.4 is 4.90 Å². The highest BCUT2D eigenvalue weighted by Crippen LogP contribution is 2.30. The molecular formula is C20H18BrFN6. The first kappa shape index (κ1) is 18.5. The molecule has 0 aliphatic carbocycles. The fourth-order valence-corrected chi connectivity index (χ4v) is 3.72. The van der Waals surface area contributed by atoms with Crippen LogP contribution in [0.5, 0.6) is 0 Å². The number of anilines is 1. The molecule has 0 fully saturated rings. The van der Waals surface area contributed by atoms with Gasteiger partial charge in [-0.25, -0.2) is 19.0 Å². The number of nitrogens with zero attached hydrogens (tertiary/aromatic N) is 6. The molecular weight excluding hydrogens is 423 g/mol. The molecule has 0 amide bonds. The van der Waals surface area contributed by atoms with Crippen molar-refractivity contribution in [1.82, 2.24) is 24.7 Å². The van der Waals surface area contributed by atoms with Gasteiger partial charge in [0, 0.05) is 38.4 Å². The van der Waals surface area contributed by atoms with Crippen molar-refractivity contribution in [2.75, 3.05) is 11.4 Å². The van der Waals surface area contributed by atoms with Crippen LogP contribution in [0.1, 0.15) is 11.3 Å². The van der Waals surface area contributed by atoms with Gasteiger partial charge < -0.3 is 4.90 Å². The van der Waals surface area contributed by atoms with Crippen LogP contribution in [0.25, 0.3) is 11.0 Å². The van der Waals surface area contributed by atoms with E-state index in [0.717, 1.165) is 34.5 Å². The number of fused-ring (bicyclic) bond motifs is 1. The predicted octanol–water partition coefficient (Wildman–Crippen LogP) is 3.91. The van der Waals surface area contributed by atoms with E-state index in [9.17, 15) is 4.39 Å². The van der Waals surface area contributed by atoms with Crippen LogP contribution in [0, 0.1) is 5.82 Å². The first-order valence-electron chi connectivity index (χ1n) is 8.84. The van der Waals surface area contributed by atoms with Crippen molar-refractivity contribution in [2.24, 2.45) is 7.05 Å². The summed E-state index contributed by atoms with van der Waals surface area (Å²) >= 11 is 3.53. The molecule has 0 aliphatic rings. The van der Waals surface area contributed by atoms with Gasteiger partial charge in [-0.1, -0.05) is 18.2 Å². The minimum absolute atomic E-state index is 0.247. The molecule has 0 saturated carbocycles. The number of aromatic nitrogens is 5. The molecule has 0 unspecified atom stereocenters. The Hall–Kier alpha value is -2.87. The molecule has 3 heterocycles. The van der Waals surface area contributed by atoms with Gasteiger partial charge in [0.2, 0.25) is 0 Å². The highest BCUT2D eigenvalue weighted by atomic mass is 79.9. The Kier molecular flexibility index (Phi) is 5.29. The first-order valence-corrected chi connectivity index (χ1v) is 9.63. The molecule has 4 aromatic rings. The van der Waals surface area contributed by atoms with Crippen LogP contribution >= 0.6 is 15.9 Å². The minimum Gasteiger partial charge on any atom is -0.351 e. The average molecular weight is 441 g/mol. The number of halogens is 2. The summed E-state index contributed by atoms with van der Waals surface area (Å²) in [6, 6.07) is 12.4. The van der Waals surface area contributed by atoms with E-state index in [4.69, 9.17) is 0 Å². The summed E-state index contributed by atoms with van der Waals surface area (Å²) in [7, 11) is 1.85. The minimum atomic E-state index is -0.247. The number of rotatable bonds is 6. The van der Waals surface area contributed by atoms with E-state index in [2.05, 4.69) is 40.9 Å². The molecule has 0 aliphatic heterocycles. The van der Waals surface area contributed by atoms with Crippen molar-refractivity contribution < 1.29 is 4.39 Å². The van der Waals surface area contributed by atoms with Crippen molar-refractivity contribution in [2.45, 2.75) is 13.0 Å². The monoisotopic (exact) mass is 440 g/mol. The number of hydrogen-bond acceptors (Lipinski definition) is 5. The lowest BCUT2D eigenvalue weighted by Crippen LogP contribution is -2.27. The molecule has 3 aromatic heterocycles. The lowest BCUT2D eigenvalue weighted by atomic mass is 10.2. The fourth-order valence-electron chi connectivity index (χ4n) is 3.13. The van der Waals surface area contributed by atoms with E-state index < -0.39 is 0 Å². The summed E-state index contributed by atoms with van der Waals surface area (Å²) in [5.74, 6) is 0.536. The van der Waals surface area contributed by atoms with Gasteiger partial charge in [0.15, 0.2) is 5.65 Å². The van der Waals surface area contributed by atoms with Gasteiger partial charge in [-0.15, -0.1) is 0 Å². The molecule has 28 heavy (non-hydrogen) atoms. The number of benzene rings is 1. The first-order chi connectivity index (χ1) is 13.6. The van der Waals surface area contributed by atoms with Crippen LogP contribution in [0.3, 0.4) is 0 Å². The summed E-state index contributed by atoms with van der Waals surface area (Å²) < 4.78 is 15.7. The third kappa shape index (κ3) is 3.87. The van der Waals surface area contributed by atoms with E-state index in [1.54, 1.807) is 29.3 Å². The Labute approximate surface area is 170 Å². The lowest BCUT2D eigenvalue weighted by molar-refractivity contribution is 0.626. The predicted molar refractivity (Wildman–Crippen MR) is 109 cm³/mol. The second-order valence-electron chi connectivity index (χ2n) is 6.43. The standard InChI is InChI=1S/C20H18BrFN6/c1-27-19-17(18(21)26-27)20(25-13-24-19)28(11-9-16-4-2-3-10-23-16)12-14-5-7-15(22)8-6-14/h2-8,10,13H,9,11-12H2,1H3. The van der Waals surface area contributed by atoms with Crippen LogP contribution in [0.15, 0.2) is 59.6 Å². The van der Waals surface area contributed by atoms with Crippen molar-refractivity contribution in [1.29, 1.82) is 0 Å². The zero-order chi connectivity index (χ0) is 19.5. The molecule has 4 rings (SSSR count). The molecule has 8 heteroatoms. The van der Waals surface area contributed by atoms with Crippen molar-refractivity contribution >= 4 is 32.8 Å². The van der Waals surface area contributed by atoms with E-state index in [0.29, 0.717) is 17.7 Å². The maximum absolute atomic E-state index is 13.3. The maximum Gasteiger partial charge on any atom is 0.164 e. The Morgan fingerprint density at radius 2 is 1.89 bits per heavy atom. The summed E-state index contributed by atoms with van der Waals surface area (Å²) in [5, 5.41) is 5.27. The molecule has 142 valence electrons. The highest BCUT2D eigenvalue weighted by Gasteiger charge is 2.19. The van der Waals surface area contributed by atoms with Crippen molar-refractivity contribution in [3.63, 3.8) is 0 Å². The molecule has 1 aromatic carbocycles. The van der Waals surface area contributed by atoms with E-state index in [-0.39, 0.29) is 5.82 Å². The summed E-state index contributed by atoms with van der Waals surface area (Å²) in [4.78, 5) is 15.5. The van der Waals surface area contributed by atoms with Crippen molar-refractivity contribution in [3.05, 3.63) is 76.7 Å². The zero-order valence-corrected chi connectivity index (χ0v) is 16.8. The van der Waals surface area contributed by atoms with Crippen LogP contribution in [-0.2, 0) is 20.0 Å². The highest BCUT2D eigenvalue weighted by molar-refractivity contribution is 9.10. The van der Waals surface area contributed by atoms with Gasteiger partial charge in [0.05, 0.1) is 5.39 Å². The third-order valence-corrected chi connectivity index (χ3v) is 5.06. The Morgan fingerprint density at radius 3 is 2.64 bits per heavy atom. The Morgan fingerprint density at radius 1 is 1.07 bits per heavy atom. The summed E-state index contributed by atoms with van der Waals surface area (Å²) in [5.41, 5.74) is 2.75. The average Bonchev–Trinajstić information content (AvgIpc) is 3.01. The second kappa shape index (κ2) is 8.02. The van der Waals surface area contributed by atoms with E-state index in [1.165, 1.54) is 12.1 Å². The molecule has 0 spiro atoms.